The molecule has 0 aromatic carbocycles. The van der Waals surface area contributed by atoms with Crippen LogP contribution in [0, 0.1) is 0 Å². The number of hydrogen-bond acceptors (Lipinski definition) is 3. The Hall–Kier alpha value is -1.84. The fourth-order valence-corrected chi connectivity index (χ4v) is 4.35. The summed E-state index contributed by atoms with van der Waals surface area (Å²) in [5.74, 6) is -0.773. The summed E-state index contributed by atoms with van der Waals surface area (Å²) in [6, 6.07) is 0. The van der Waals surface area contributed by atoms with E-state index in [0.717, 1.165) is 77.0 Å². The summed E-state index contributed by atoms with van der Waals surface area (Å²) < 4.78 is 5.84. The monoisotopic (exact) mass is 518 g/mol. The molecule has 0 rings (SSSR count). The normalized spacial score (nSPS) is 12.7. The van der Waals surface area contributed by atoms with Gasteiger partial charge in [0.05, 0.1) is 0 Å². The number of aliphatic carboxylic acids is 1. The van der Waals surface area contributed by atoms with Gasteiger partial charge in [-0.1, -0.05) is 128 Å². The third-order valence-corrected chi connectivity index (χ3v) is 6.61. The molecule has 4 nitrogen and oxygen atoms in total. The van der Waals surface area contributed by atoms with Crippen LogP contribution in [0.1, 0.15) is 155 Å². The van der Waals surface area contributed by atoms with Crippen molar-refractivity contribution in [2.75, 3.05) is 0 Å². The number of carboxylic acid groups (broad SMARTS) is 1. The molecule has 0 bridgehead atoms. The van der Waals surface area contributed by atoms with E-state index in [2.05, 4.69) is 50.3 Å². The van der Waals surface area contributed by atoms with E-state index in [9.17, 15) is 9.59 Å². The van der Waals surface area contributed by atoms with Gasteiger partial charge in [0.25, 0.3) is 0 Å². The van der Waals surface area contributed by atoms with E-state index in [-0.39, 0.29) is 18.5 Å². The Kier molecular flexibility index (Phi) is 27.3. The highest BCUT2D eigenvalue weighted by Crippen LogP contribution is 2.15. The van der Waals surface area contributed by atoms with Gasteiger partial charge in [0.1, 0.15) is 6.10 Å². The minimum atomic E-state index is -0.707. The van der Waals surface area contributed by atoms with Gasteiger partial charge in [0, 0.05) is 12.8 Å². The third-order valence-electron chi connectivity index (χ3n) is 6.61. The number of esters is 1. The number of unbranched alkanes of at least 4 members (excludes halogenated alkanes) is 14. The Morgan fingerprint density at radius 1 is 0.622 bits per heavy atom. The van der Waals surface area contributed by atoms with Gasteiger partial charge in [-0.05, 0) is 51.0 Å². The second-order valence-corrected chi connectivity index (χ2v) is 10.3. The van der Waals surface area contributed by atoms with E-state index in [1.165, 1.54) is 51.4 Å². The van der Waals surface area contributed by atoms with Gasteiger partial charge >= 0.3 is 11.9 Å². The number of allylic oxidation sites excluding steroid dienone is 5. The molecule has 0 aliphatic rings. The van der Waals surface area contributed by atoms with E-state index in [1.54, 1.807) is 0 Å². The summed E-state index contributed by atoms with van der Waals surface area (Å²) in [7, 11) is 0. The third kappa shape index (κ3) is 28.6. The number of carboxylic acids is 1. The molecule has 0 aliphatic carbocycles. The van der Waals surface area contributed by atoms with Crippen LogP contribution in [0.3, 0.4) is 0 Å². The minimum absolute atomic E-state index is 0.0665. The summed E-state index contributed by atoms with van der Waals surface area (Å²) in [5, 5.41) is 8.72. The lowest BCUT2D eigenvalue weighted by atomic mass is 10.1. The van der Waals surface area contributed by atoms with Gasteiger partial charge in [0.15, 0.2) is 0 Å². The number of rotatable bonds is 27. The fraction of sp³-hybridized carbons (Fsp3) is 0.758. The molecule has 0 radical (unpaired) electrons. The Morgan fingerprint density at radius 3 is 1.68 bits per heavy atom. The average Bonchev–Trinajstić information content (AvgIpc) is 2.87. The molecule has 0 spiro atoms. The first-order valence-electron chi connectivity index (χ1n) is 15.5. The maximum absolute atomic E-state index is 12.5. The minimum Gasteiger partial charge on any atom is -0.481 e. The Bertz CT molecular complexity index is 605. The molecule has 37 heavy (non-hydrogen) atoms. The lowest BCUT2D eigenvalue weighted by Gasteiger charge is -2.14. The molecule has 1 atom stereocenters. The molecule has 1 N–H and O–H groups in total. The van der Waals surface area contributed by atoms with Crippen LogP contribution in [0.4, 0.5) is 0 Å². The van der Waals surface area contributed by atoms with Crippen molar-refractivity contribution < 1.29 is 19.4 Å². The van der Waals surface area contributed by atoms with Crippen molar-refractivity contribution in [3.63, 3.8) is 0 Å². The zero-order valence-electron chi connectivity index (χ0n) is 24.3. The summed E-state index contributed by atoms with van der Waals surface area (Å²) in [6.45, 7) is 4.39. The van der Waals surface area contributed by atoms with E-state index in [1.807, 2.05) is 0 Å². The zero-order valence-corrected chi connectivity index (χ0v) is 24.3. The van der Waals surface area contributed by atoms with Crippen molar-refractivity contribution in [1.82, 2.24) is 0 Å². The SMILES string of the molecule is CC/C=C\C/C=C\C/C=C\C(CCCCCCCCC(=O)O)OC(=O)CCCCCCCCCCCC. The van der Waals surface area contributed by atoms with Gasteiger partial charge in [-0.3, -0.25) is 9.59 Å². The molecule has 0 fully saturated rings. The van der Waals surface area contributed by atoms with Crippen molar-refractivity contribution >= 4 is 11.9 Å². The van der Waals surface area contributed by atoms with Crippen molar-refractivity contribution in [3.05, 3.63) is 36.5 Å². The van der Waals surface area contributed by atoms with Crippen molar-refractivity contribution in [3.8, 4) is 0 Å². The van der Waals surface area contributed by atoms with Gasteiger partial charge in [-0.15, -0.1) is 0 Å². The zero-order chi connectivity index (χ0) is 27.2. The number of ether oxygens (including phenoxy) is 1. The smallest absolute Gasteiger partial charge is 0.306 e. The molecular formula is C33H58O4. The van der Waals surface area contributed by atoms with Crippen LogP contribution in [0.2, 0.25) is 0 Å². The van der Waals surface area contributed by atoms with Crippen LogP contribution in [0.5, 0.6) is 0 Å². The van der Waals surface area contributed by atoms with Gasteiger partial charge in [-0.2, -0.15) is 0 Å². The van der Waals surface area contributed by atoms with Crippen LogP contribution in [-0.2, 0) is 14.3 Å². The van der Waals surface area contributed by atoms with Crippen LogP contribution in [0.25, 0.3) is 0 Å². The molecule has 0 aromatic heterocycles. The number of hydrogen-bond donors (Lipinski definition) is 1. The van der Waals surface area contributed by atoms with Gasteiger partial charge in [-0.25, -0.2) is 0 Å². The maximum atomic E-state index is 12.5. The summed E-state index contributed by atoms with van der Waals surface area (Å²) in [6.07, 6.45) is 35.9. The molecular weight excluding hydrogens is 460 g/mol. The molecule has 0 saturated carbocycles. The number of carbonyl (C=O) groups is 2. The molecule has 4 heteroatoms. The Morgan fingerprint density at radius 2 is 1.11 bits per heavy atom. The molecule has 0 amide bonds. The molecule has 1 unspecified atom stereocenters. The first-order chi connectivity index (χ1) is 18.1. The van der Waals surface area contributed by atoms with Crippen molar-refractivity contribution in [2.24, 2.45) is 0 Å². The highest BCUT2D eigenvalue weighted by atomic mass is 16.5. The van der Waals surface area contributed by atoms with Gasteiger partial charge in [0.2, 0.25) is 0 Å². The molecule has 214 valence electrons. The highest BCUT2D eigenvalue weighted by Gasteiger charge is 2.11. The van der Waals surface area contributed by atoms with Crippen molar-refractivity contribution in [1.29, 1.82) is 0 Å². The van der Waals surface area contributed by atoms with E-state index < -0.39 is 5.97 Å². The first kappa shape index (κ1) is 35.2. The predicted octanol–water partition coefficient (Wildman–Crippen LogP) is 10.3. The topological polar surface area (TPSA) is 63.6 Å². The fourth-order valence-electron chi connectivity index (χ4n) is 4.35. The largest absolute Gasteiger partial charge is 0.481 e. The summed E-state index contributed by atoms with van der Waals surface area (Å²) in [4.78, 5) is 23.1. The van der Waals surface area contributed by atoms with E-state index in [4.69, 9.17) is 9.84 Å². The highest BCUT2D eigenvalue weighted by molar-refractivity contribution is 5.69. The lowest BCUT2D eigenvalue weighted by molar-refractivity contribution is -0.147. The second-order valence-electron chi connectivity index (χ2n) is 10.3. The first-order valence-corrected chi connectivity index (χ1v) is 15.5. The number of carbonyl (C=O) groups excluding carboxylic acids is 1. The van der Waals surface area contributed by atoms with Crippen LogP contribution >= 0.6 is 0 Å². The van der Waals surface area contributed by atoms with Crippen molar-refractivity contribution in [2.45, 2.75) is 161 Å². The van der Waals surface area contributed by atoms with E-state index >= 15 is 0 Å². The van der Waals surface area contributed by atoms with Crippen LogP contribution < -0.4 is 0 Å². The molecule has 0 heterocycles. The maximum Gasteiger partial charge on any atom is 0.306 e. The Balaban J connectivity index is 4.21. The van der Waals surface area contributed by atoms with Gasteiger partial charge < -0.3 is 9.84 Å². The average molecular weight is 519 g/mol. The summed E-state index contributed by atoms with van der Waals surface area (Å²) in [5.41, 5.74) is 0. The summed E-state index contributed by atoms with van der Waals surface area (Å²) >= 11 is 0. The quantitative estimate of drug-likeness (QED) is 0.0667. The predicted molar refractivity (Wildman–Crippen MR) is 158 cm³/mol. The molecule has 0 aromatic rings. The molecule has 0 saturated heterocycles. The van der Waals surface area contributed by atoms with Crippen LogP contribution in [0.15, 0.2) is 36.5 Å². The Labute approximate surface area is 229 Å². The standard InChI is InChI=1S/C33H58O4/c1-3-5-7-9-11-13-14-16-22-26-30-33(36)37-31(27-23-19-15-12-10-8-6-4-2)28-24-20-17-18-21-25-29-32(34)35/h6,8,12,15,23,27,31H,3-5,7,9-11,13-14,16-22,24-26,28-30H2,1-2H3,(H,34,35)/b8-6-,15-12-,27-23-. The second kappa shape index (κ2) is 28.7. The van der Waals surface area contributed by atoms with Crippen LogP contribution in [-0.4, -0.2) is 23.1 Å². The molecule has 0 aliphatic heterocycles. The van der Waals surface area contributed by atoms with E-state index in [0.29, 0.717) is 6.42 Å². The lowest BCUT2D eigenvalue weighted by Crippen LogP contribution is -2.16.